The fourth-order valence-electron chi connectivity index (χ4n) is 4.37. The summed E-state index contributed by atoms with van der Waals surface area (Å²) in [6, 6.07) is 6.91. The van der Waals surface area contributed by atoms with Crippen molar-refractivity contribution in [3.05, 3.63) is 46.4 Å². The second-order valence-corrected chi connectivity index (χ2v) is 8.53. The van der Waals surface area contributed by atoms with Gasteiger partial charge in [-0.25, -0.2) is 0 Å². The lowest BCUT2D eigenvalue weighted by Gasteiger charge is -2.34. The van der Waals surface area contributed by atoms with Crippen molar-refractivity contribution in [1.29, 1.82) is 0 Å². The molecule has 1 atom stereocenters. The summed E-state index contributed by atoms with van der Waals surface area (Å²) in [5.74, 6) is 0.222. The highest BCUT2D eigenvalue weighted by Gasteiger charge is 2.58. The first-order valence-corrected chi connectivity index (χ1v) is 10.1. The molecule has 0 aromatic carbocycles. The molecule has 5 heteroatoms. The molecule has 1 amide bonds. The molecule has 2 fully saturated rings. The van der Waals surface area contributed by atoms with Crippen LogP contribution >= 0.6 is 11.3 Å². The molecule has 1 aliphatic carbocycles. The van der Waals surface area contributed by atoms with Gasteiger partial charge in [0.1, 0.15) is 0 Å². The molecule has 2 aliphatic rings. The van der Waals surface area contributed by atoms with Crippen LogP contribution < -0.4 is 0 Å². The zero-order chi connectivity index (χ0) is 17.4. The van der Waals surface area contributed by atoms with Gasteiger partial charge < -0.3 is 9.47 Å². The van der Waals surface area contributed by atoms with Crippen LogP contribution in [0.25, 0.3) is 0 Å². The van der Waals surface area contributed by atoms with E-state index in [4.69, 9.17) is 0 Å². The van der Waals surface area contributed by atoms with E-state index in [2.05, 4.69) is 56.6 Å². The SMILES string of the molecule is CC(=O)N(Cc1ccsc1)C1CC12CCN(Cc1cccn1C)CC2. The molecule has 4 nitrogen and oxygen atoms in total. The molecule has 1 unspecified atom stereocenters. The Morgan fingerprint density at radius 1 is 1.36 bits per heavy atom. The molecule has 134 valence electrons. The Hall–Kier alpha value is -1.59. The third-order valence-electron chi connectivity index (χ3n) is 6.15. The van der Waals surface area contributed by atoms with E-state index in [0.29, 0.717) is 11.5 Å². The fraction of sp³-hybridized carbons (Fsp3) is 0.550. The third-order valence-corrected chi connectivity index (χ3v) is 6.88. The number of piperidine rings is 1. The van der Waals surface area contributed by atoms with Crippen LogP contribution in [0.4, 0.5) is 0 Å². The van der Waals surface area contributed by atoms with Gasteiger partial charge in [-0.15, -0.1) is 0 Å². The number of hydrogen-bond donors (Lipinski definition) is 0. The largest absolute Gasteiger partial charge is 0.353 e. The van der Waals surface area contributed by atoms with Gasteiger partial charge in [0.2, 0.25) is 5.91 Å². The minimum absolute atomic E-state index is 0.222. The molecule has 1 aliphatic heterocycles. The standard InChI is InChI=1S/C20H27N3OS/c1-16(24)23(13-17-5-11-25-15-17)19-12-20(19)6-9-22(10-7-20)14-18-4-3-8-21(18)2/h3-5,8,11,15,19H,6-7,9-10,12-14H2,1-2H3. The smallest absolute Gasteiger partial charge is 0.220 e. The number of aryl methyl sites for hydroxylation is 1. The van der Waals surface area contributed by atoms with E-state index in [1.54, 1.807) is 18.3 Å². The predicted octanol–water partition coefficient (Wildman–Crippen LogP) is 3.49. The van der Waals surface area contributed by atoms with E-state index in [0.717, 1.165) is 26.2 Å². The molecule has 2 aromatic heterocycles. The van der Waals surface area contributed by atoms with Crippen molar-refractivity contribution in [1.82, 2.24) is 14.4 Å². The van der Waals surface area contributed by atoms with Gasteiger partial charge in [-0.2, -0.15) is 11.3 Å². The highest BCUT2D eigenvalue weighted by atomic mass is 32.1. The maximum absolute atomic E-state index is 12.2. The summed E-state index contributed by atoms with van der Waals surface area (Å²) in [5, 5.41) is 4.26. The molecule has 25 heavy (non-hydrogen) atoms. The summed E-state index contributed by atoms with van der Waals surface area (Å²) >= 11 is 1.71. The van der Waals surface area contributed by atoms with Crippen LogP contribution in [-0.2, 0) is 24.9 Å². The first-order valence-electron chi connectivity index (χ1n) is 9.18. The van der Waals surface area contributed by atoms with Crippen molar-refractivity contribution in [2.24, 2.45) is 12.5 Å². The second kappa shape index (κ2) is 6.61. The quantitative estimate of drug-likeness (QED) is 0.819. The summed E-state index contributed by atoms with van der Waals surface area (Å²) in [7, 11) is 2.12. The van der Waals surface area contributed by atoms with Gasteiger partial charge >= 0.3 is 0 Å². The minimum atomic E-state index is 0.222. The molecular formula is C20H27N3OS. The number of likely N-dealkylation sites (tertiary alicyclic amines) is 1. The number of amides is 1. The van der Waals surface area contributed by atoms with E-state index < -0.39 is 0 Å². The summed E-state index contributed by atoms with van der Waals surface area (Å²) < 4.78 is 2.21. The highest BCUT2D eigenvalue weighted by molar-refractivity contribution is 7.07. The van der Waals surface area contributed by atoms with Gasteiger partial charge in [0.15, 0.2) is 0 Å². The average molecular weight is 358 g/mol. The zero-order valence-corrected chi connectivity index (χ0v) is 16.0. The second-order valence-electron chi connectivity index (χ2n) is 7.75. The molecule has 1 saturated carbocycles. The number of nitrogens with zero attached hydrogens (tertiary/aromatic N) is 3. The fourth-order valence-corrected chi connectivity index (χ4v) is 5.03. The first kappa shape index (κ1) is 16.9. The maximum atomic E-state index is 12.2. The molecule has 0 N–H and O–H groups in total. The Balaban J connectivity index is 1.35. The highest BCUT2D eigenvalue weighted by Crippen LogP contribution is 2.57. The van der Waals surface area contributed by atoms with Crippen LogP contribution in [0.15, 0.2) is 35.2 Å². The van der Waals surface area contributed by atoms with Crippen LogP contribution in [0.5, 0.6) is 0 Å². The summed E-state index contributed by atoms with van der Waals surface area (Å²) in [6.45, 7) is 5.83. The van der Waals surface area contributed by atoms with Crippen LogP contribution in [-0.4, -0.2) is 39.4 Å². The topological polar surface area (TPSA) is 28.5 Å². The average Bonchev–Trinajstić information content (AvgIpc) is 2.94. The van der Waals surface area contributed by atoms with E-state index in [-0.39, 0.29) is 5.91 Å². The number of thiophene rings is 1. The Kier molecular flexibility index (Phi) is 4.46. The Morgan fingerprint density at radius 3 is 2.76 bits per heavy atom. The van der Waals surface area contributed by atoms with Gasteiger partial charge in [0.25, 0.3) is 0 Å². The Labute approximate surface area is 154 Å². The molecule has 4 rings (SSSR count). The predicted molar refractivity (Wildman–Crippen MR) is 101 cm³/mol. The molecule has 0 radical (unpaired) electrons. The maximum Gasteiger partial charge on any atom is 0.220 e. The molecule has 1 spiro atoms. The van der Waals surface area contributed by atoms with Crippen molar-refractivity contribution in [3.8, 4) is 0 Å². The summed E-state index contributed by atoms with van der Waals surface area (Å²) in [5.41, 5.74) is 3.03. The van der Waals surface area contributed by atoms with Crippen molar-refractivity contribution in [3.63, 3.8) is 0 Å². The van der Waals surface area contributed by atoms with Gasteiger partial charge in [0, 0.05) is 45.0 Å². The minimum Gasteiger partial charge on any atom is -0.353 e. The summed E-state index contributed by atoms with van der Waals surface area (Å²) in [6.07, 6.45) is 5.74. The number of hydrogen-bond acceptors (Lipinski definition) is 3. The van der Waals surface area contributed by atoms with E-state index in [1.807, 2.05) is 0 Å². The Bertz CT molecular complexity index is 728. The van der Waals surface area contributed by atoms with Crippen LogP contribution in [0, 0.1) is 5.41 Å². The summed E-state index contributed by atoms with van der Waals surface area (Å²) in [4.78, 5) is 16.9. The third kappa shape index (κ3) is 3.40. The molecule has 3 heterocycles. The van der Waals surface area contributed by atoms with Gasteiger partial charge in [-0.1, -0.05) is 0 Å². The number of rotatable bonds is 5. The van der Waals surface area contributed by atoms with Gasteiger partial charge in [0.05, 0.1) is 0 Å². The lowest BCUT2D eigenvalue weighted by molar-refractivity contribution is -0.130. The van der Waals surface area contributed by atoms with E-state index >= 15 is 0 Å². The van der Waals surface area contributed by atoms with Crippen LogP contribution in [0.2, 0.25) is 0 Å². The number of carbonyl (C=O) groups is 1. The first-order chi connectivity index (χ1) is 12.1. The monoisotopic (exact) mass is 357 g/mol. The Morgan fingerprint density at radius 2 is 2.16 bits per heavy atom. The number of carbonyl (C=O) groups excluding carboxylic acids is 1. The lowest BCUT2D eigenvalue weighted by Crippen LogP contribution is -2.40. The molecule has 1 saturated heterocycles. The van der Waals surface area contributed by atoms with E-state index in [9.17, 15) is 4.79 Å². The molecule has 0 bridgehead atoms. The molecule has 2 aromatic rings. The molecular weight excluding hydrogens is 330 g/mol. The van der Waals surface area contributed by atoms with Crippen LogP contribution in [0.1, 0.15) is 37.4 Å². The normalized spacial score (nSPS) is 22.2. The van der Waals surface area contributed by atoms with Crippen molar-refractivity contribution in [2.75, 3.05) is 13.1 Å². The number of aromatic nitrogens is 1. The van der Waals surface area contributed by atoms with Crippen molar-refractivity contribution in [2.45, 2.75) is 45.3 Å². The zero-order valence-electron chi connectivity index (χ0n) is 15.1. The van der Waals surface area contributed by atoms with E-state index in [1.165, 1.54) is 30.5 Å². The van der Waals surface area contributed by atoms with Crippen LogP contribution in [0.3, 0.4) is 0 Å². The van der Waals surface area contributed by atoms with Gasteiger partial charge in [-0.05, 0) is 72.3 Å². The van der Waals surface area contributed by atoms with Crippen molar-refractivity contribution >= 4 is 17.2 Å². The lowest BCUT2D eigenvalue weighted by atomic mass is 9.92. The van der Waals surface area contributed by atoms with Crippen molar-refractivity contribution < 1.29 is 4.79 Å². The van der Waals surface area contributed by atoms with Gasteiger partial charge in [-0.3, -0.25) is 9.69 Å².